The lowest BCUT2D eigenvalue weighted by molar-refractivity contribution is 0.475. The second-order valence-corrected chi connectivity index (χ2v) is 8.45. The van der Waals surface area contributed by atoms with E-state index in [2.05, 4.69) is 79.1 Å². The van der Waals surface area contributed by atoms with Crippen molar-refractivity contribution in [3.05, 3.63) is 96.1 Å². The van der Waals surface area contributed by atoms with Crippen LogP contribution >= 0.6 is 0 Å². The average molecular weight is 375 g/mol. The zero-order valence-electron chi connectivity index (χ0n) is 16.5. The number of phenols is 1. The standard InChI is InChI=1S/C27H21NO/c1-27(2)23-9-5-3-7-19(23)21-15-22-20-8-4-6-10-25(20)28(26(22)16-24(21)27)17-11-13-18(29)14-12-17/h3-16,29H,1-2H3. The van der Waals surface area contributed by atoms with Crippen LogP contribution in [0, 0.1) is 0 Å². The maximum Gasteiger partial charge on any atom is 0.115 e. The van der Waals surface area contributed by atoms with Gasteiger partial charge in [0.1, 0.15) is 5.75 Å². The van der Waals surface area contributed by atoms with Gasteiger partial charge in [0.25, 0.3) is 0 Å². The van der Waals surface area contributed by atoms with E-state index < -0.39 is 0 Å². The van der Waals surface area contributed by atoms with Gasteiger partial charge in [-0.3, -0.25) is 0 Å². The van der Waals surface area contributed by atoms with Crippen LogP contribution in [0.25, 0.3) is 38.6 Å². The summed E-state index contributed by atoms with van der Waals surface area (Å²) in [5.41, 5.74) is 8.86. The van der Waals surface area contributed by atoms with Gasteiger partial charge in [-0.25, -0.2) is 0 Å². The molecule has 1 aliphatic rings. The second kappa shape index (κ2) is 5.51. The number of phenolic OH excluding ortho intramolecular Hbond substituents is 1. The molecule has 1 aliphatic carbocycles. The first-order valence-electron chi connectivity index (χ1n) is 10.0. The molecule has 0 saturated carbocycles. The van der Waals surface area contributed by atoms with Crippen LogP contribution in [-0.4, -0.2) is 9.67 Å². The minimum absolute atomic E-state index is 0.0314. The quantitative estimate of drug-likeness (QED) is 0.343. The molecule has 2 nitrogen and oxygen atoms in total. The summed E-state index contributed by atoms with van der Waals surface area (Å²) >= 11 is 0. The van der Waals surface area contributed by atoms with Gasteiger partial charge in [0.05, 0.1) is 11.0 Å². The van der Waals surface area contributed by atoms with Crippen molar-refractivity contribution < 1.29 is 5.11 Å². The largest absolute Gasteiger partial charge is 0.508 e. The van der Waals surface area contributed by atoms with Crippen molar-refractivity contribution in [3.63, 3.8) is 0 Å². The highest BCUT2D eigenvalue weighted by atomic mass is 16.3. The number of hydrogen-bond acceptors (Lipinski definition) is 1. The molecule has 1 N–H and O–H groups in total. The zero-order chi connectivity index (χ0) is 19.8. The Labute approximate surface area is 169 Å². The highest BCUT2D eigenvalue weighted by Gasteiger charge is 2.36. The third kappa shape index (κ3) is 2.11. The average Bonchev–Trinajstić information content (AvgIpc) is 3.18. The van der Waals surface area contributed by atoms with Crippen LogP contribution in [0.5, 0.6) is 5.75 Å². The van der Waals surface area contributed by atoms with Crippen molar-refractivity contribution in [1.29, 1.82) is 0 Å². The number of fused-ring (bicyclic) bond motifs is 6. The van der Waals surface area contributed by atoms with Crippen molar-refractivity contribution in [1.82, 2.24) is 4.57 Å². The molecule has 0 atom stereocenters. The maximum atomic E-state index is 9.77. The summed E-state index contributed by atoms with van der Waals surface area (Å²) in [6.07, 6.45) is 0. The molecule has 1 heterocycles. The first-order valence-corrected chi connectivity index (χ1v) is 10.0. The summed E-state index contributed by atoms with van der Waals surface area (Å²) < 4.78 is 2.31. The fraction of sp³-hybridized carbons (Fsp3) is 0.111. The molecular weight excluding hydrogens is 354 g/mol. The molecule has 140 valence electrons. The molecule has 0 bridgehead atoms. The summed E-state index contributed by atoms with van der Waals surface area (Å²) in [5.74, 6) is 0.284. The molecule has 0 unspecified atom stereocenters. The summed E-state index contributed by atoms with van der Waals surface area (Å²) in [4.78, 5) is 0. The minimum Gasteiger partial charge on any atom is -0.508 e. The summed E-state index contributed by atoms with van der Waals surface area (Å²) in [7, 11) is 0. The van der Waals surface area contributed by atoms with Crippen molar-refractivity contribution >= 4 is 21.8 Å². The van der Waals surface area contributed by atoms with E-state index in [1.165, 1.54) is 44.1 Å². The van der Waals surface area contributed by atoms with Gasteiger partial charge in [-0.15, -0.1) is 0 Å². The van der Waals surface area contributed by atoms with Crippen LogP contribution in [-0.2, 0) is 5.41 Å². The maximum absolute atomic E-state index is 9.77. The molecule has 0 spiro atoms. The number of hydrogen-bond donors (Lipinski definition) is 1. The molecule has 6 rings (SSSR count). The fourth-order valence-electron chi connectivity index (χ4n) is 5.04. The van der Waals surface area contributed by atoms with Crippen molar-refractivity contribution in [2.45, 2.75) is 19.3 Å². The smallest absolute Gasteiger partial charge is 0.115 e. The molecule has 0 amide bonds. The lowest BCUT2D eigenvalue weighted by Crippen LogP contribution is -2.14. The van der Waals surface area contributed by atoms with Gasteiger partial charge >= 0.3 is 0 Å². The first-order chi connectivity index (χ1) is 14.1. The van der Waals surface area contributed by atoms with Gasteiger partial charge in [0, 0.05) is 21.9 Å². The molecule has 0 aliphatic heterocycles. The van der Waals surface area contributed by atoms with Crippen LogP contribution in [0.4, 0.5) is 0 Å². The fourth-order valence-corrected chi connectivity index (χ4v) is 5.04. The number of para-hydroxylation sites is 1. The topological polar surface area (TPSA) is 25.2 Å². The van der Waals surface area contributed by atoms with Gasteiger partial charge in [0.15, 0.2) is 0 Å². The van der Waals surface area contributed by atoms with E-state index in [0.29, 0.717) is 0 Å². The Kier molecular flexibility index (Phi) is 3.12. The number of benzene rings is 4. The van der Waals surface area contributed by atoms with Crippen LogP contribution in [0.1, 0.15) is 25.0 Å². The van der Waals surface area contributed by atoms with E-state index in [9.17, 15) is 5.11 Å². The van der Waals surface area contributed by atoms with Crippen LogP contribution < -0.4 is 0 Å². The third-order valence-corrected chi connectivity index (χ3v) is 6.48. The molecule has 4 aromatic carbocycles. The molecule has 2 heteroatoms. The van der Waals surface area contributed by atoms with Crippen molar-refractivity contribution in [2.75, 3.05) is 0 Å². The van der Waals surface area contributed by atoms with Gasteiger partial charge in [0.2, 0.25) is 0 Å². The van der Waals surface area contributed by atoms with Gasteiger partial charge in [-0.2, -0.15) is 0 Å². The molecular formula is C27H21NO. The van der Waals surface area contributed by atoms with Crippen molar-refractivity contribution in [3.8, 4) is 22.6 Å². The Bertz CT molecular complexity index is 1420. The Morgan fingerprint density at radius 1 is 0.655 bits per heavy atom. The van der Waals surface area contributed by atoms with Crippen LogP contribution in [0.3, 0.4) is 0 Å². The normalized spacial score (nSPS) is 14.3. The van der Waals surface area contributed by atoms with E-state index >= 15 is 0 Å². The predicted octanol–water partition coefficient (Wildman–Crippen LogP) is 6.80. The molecule has 5 aromatic rings. The monoisotopic (exact) mass is 375 g/mol. The highest BCUT2D eigenvalue weighted by Crippen LogP contribution is 2.50. The molecule has 0 radical (unpaired) electrons. The van der Waals surface area contributed by atoms with E-state index in [1.807, 2.05) is 12.1 Å². The number of aromatic nitrogens is 1. The van der Waals surface area contributed by atoms with E-state index in [1.54, 1.807) is 12.1 Å². The Morgan fingerprint density at radius 2 is 1.38 bits per heavy atom. The highest BCUT2D eigenvalue weighted by molar-refractivity contribution is 6.11. The molecule has 0 saturated heterocycles. The van der Waals surface area contributed by atoms with Crippen molar-refractivity contribution in [2.24, 2.45) is 0 Å². The third-order valence-electron chi connectivity index (χ3n) is 6.48. The van der Waals surface area contributed by atoms with E-state index in [0.717, 1.165) is 5.69 Å². The van der Waals surface area contributed by atoms with Gasteiger partial charge < -0.3 is 9.67 Å². The molecule has 29 heavy (non-hydrogen) atoms. The second-order valence-electron chi connectivity index (χ2n) is 8.45. The Hall–Kier alpha value is -3.52. The summed E-state index contributed by atoms with van der Waals surface area (Å²) in [6, 6.07) is 29.6. The first kappa shape index (κ1) is 16.4. The lowest BCUT2D eigenvalue weighted by Gasteiger charge is -2.21. The molecule has 1 aromatic heterocycles. The van der Waals surface area contributed by atoms with E-state index in [4.69, 9.17) is 0 Å². The number of rotatable bonds is 1. The Balaban J connectivity index is 1.77. The van der Waals surface area contributed by atoms with E-state index in [-0.39, 0.29) is 11.2 Å². The lowest BCUT2D eigenvalue weighted by atomic mass is 9.82. The minimum atomic E-state index is -0.0314. The summed E-state index contributed by atoms with van der Waals surface area (Å²) in [5, 5.41) is 12.3. The SMILES string of the molecule is CC1(C)c2ccccc2-c2cc3c4ccccc4n(-c4ccc(O)cc4)c3cc21. The van der Waals surface area contributed by atoms with Crippen LogP contribution in [0.15, 0.2) is 84.9 Å². The predicted molar refractivity (Wildman–Crippen MR) is 120 cm³/mol. The summed E-state index contributed by atoms with van der Waals surface area (Å²) in [6.45, 7) is 4.63. The van der Waals surface area contributed by atoms with Crippen LogP contribution in [0.2, 0.25) is 0 Å². The zero-order valence-corrected chi connectivity index (χ0v) is 16.5. The Morgan fingerprint density at radius 3 is 2.21 bits per heavy atom. The number of aromatic hydroxyl groups is 1. The van der Waals surface area contributed by atoms with Gasteiger partial charge in [-0.1, -0.05) is 56.3 Å². The molecule has 0 fully saturated rings. The van der Waals surface area contributed by atoms with Gasteiger partial charge in [-0.05, 0) is 64.7 Å². The number of nitrogens with zero attached hydrogens (tertiary/aromatic N) is 1.